The molecule has 1 rings (SSSR count). The number of esters is 1. The van der Waals surface area contributed by atoms with Crippen LogP contribution < -0.4 is 14.8 Å². The molecule has 0 atom stereocenters. The summed E-state index contributed by atoms with van der Waals surface area (Å²) in [4.78, 5) is 23.5. The molecule has 0 fully saturated rings. The van der Waals surface area contributed by atoms with Crippen molar-refractivity contribution in [1.29, 1.82) is 0 Å². The summed E-state index contributed by atoms with van der Waals surface area (Å²) in [5.41, 5.74) is 0.0793. The Bertz CT molecular complexity index is 815. The monoisotopic (exact) mass is 398 g/mol. The van der Waals surface area contributed by atoms with Gasteiger partial charge < -0.3 is 14.8 Å². The minimum absolute atomic E-state index is 0.0517. The van der Waals surface area contributed by atoms with Gasteiger partial charge in [-0.3, -0.25) is 4.79 Å². The van der Waals surface area contributed by atoms with Gasteiger partial charge in [0.1, 0.15) is 10.6 Å². The fraction of sp³-hybridized carbons (Fsp3) is 0.444. The number of rotatable bonds is 9. The molecule has 27 heavy (non-hydrogen) atoms. The average Bonchev–Trinajstić information content (AvgIpc) is 2.64. The van der Waals surface area contributed by atoms with Gasteiger partial charge in [0, 0.05) is 11.6 Å². The Morgan fingerprint density at radius 3 is 2.48 bits per heavy atom. The highest BCUT2D eigenvalue weighted by molar-refractivity contribution is 7.89. The zero-order valence-electron chi connectivity index (χ0n) is 16.2. The predicted molar refractivity (Wildman–Crippen MR) is 102 cm³/mol. The third kappa shape index (κ3) is 7.03. The molecule has 8 nitrogen and oxygen atoms in total. The Morgan fingerprint density at radius 2 is 1.93 bits per heavy atom. The van der Waals surface area contributed by atoms with Crippen molar-refractivity contribution in [2.75, 3.05) is 20.8 Å². The van der Waals surface area contributed by atoms with Crippen molar-refractivity contribution in [2.24, 2.45) is 0 Å². The molecule has 0 heterocycles. The summed E-state index contributed by atoms with van der Waals surface area (Å²) in [6.45, 7) is 5.28. The average molecular weight is 398 g/mol. The van der Waals surface area contributed by atoms with Crippen LogP contribution in [0.2, 0.25) is 0 Å². The Balaban J connectivity index is 2.78. The molecule has 150 valence electrons. The Morgan fingerprint density at radius 1 is 1.26 bits per heavy atom. The minimum atomic E-state index is -3.72. The molecule has 0 radical (unpaired) electrons. The maximum Gasteiger partial charge on any atom is 0.331 e. The molecule has 0 spiro atoms. The van der Waals surface area contributed by atoms with Gasteiger partial charge in [0.25, 0.3) is 5.91 Å². The lowest BCUT2D eigenvalue weighted by Crippen LogP contribution is -2.44. The minimum Gasteiger partial charge on any atom is -0.495 e. The smallest absolute Gasteiger partial charge is 0.331 e. The molecular formula is C18H26N2O6S. The van der Waals surface area contributed by atoms with Gasteiger partial charge >= 0.3 is 5.97 Å². The van der Waals surface area contributed by atoms with E-state index in [0.717, 1.165) is 12.5 Å². The van der Waals surface area contributed by atoms with E-state index in [1.54, 1.807) is 6.07 Å². The van der Waals surface area contributed by atoms with Crippen LogP contribution in [0, 0.1) is 0 Å². The first-order chi connectivity index (χ1) is 12.5. The summed E-state index contributed by atoms with van der Waals surface area (Å²) in [5, 5.41) is 2.75. The molecule has 0 aliphatic rings. The van der Waals surface area contributed by atoms with Crippen molar-refractivity contribution in [2.45, 2.75) is 37.6 Å². The number of carbonyl (C=O) groups is 2. The maximum atomic E-state index is 12.0. The lowest BCUT2D eigenvalue weighted by molar-refractivity contribution is -0.144. The molecule has 1 aromatic rings. The molecule has 0 saturated heterocycles. The molecular weight excluding hydrogens is 372 g/mol. The van der Waals surface area contributed by atoms with Crippen molar-refractivity contribution in [1.82, 2.24) is 10.0 Å². The van der Waals surface area contributed by atoms with Crippen molar-refractivity contribution in [3.63, 3.8) is 0 Å². The van der Waals surface area contributed by atoms with Crippen LogP contribution in [0.25, 0.3) is 6.08 Å². The summed E-state index contributed by atoms with van der Waals surface area (Å²) >= 11 is 0. The largest absolute Gasteiger partial charge is 0.495 e. The number of sulfonamides is 1. The Labute approximate surface area is 160 Å². The molecule has 1 aromatic carbocycles. The predicted octanol–water partition coefficient (Wildman–Crippen LogP) is 1.46. The highest BCUT2D eigenvalue weighted by atomic mass is 32.2. The number of ether oxygens (including phenoxy) is 2. The third-order valence-corrected chi connectivity index (χ3v) is 5.30. The molecule has 0 aromatic heterocycles. The second-order valence-corrected chi connectivity index (χ2v) is 8.20. The lowest BCUT2D eigenvalue weighted by Gasteiger charge is -2.24. The van der Waals surface area contributed by atoms with E-state index in [-0.39, 0.29) is 16.2 Å². The highest BCUT2D eigenvalue weighted by Crippen LogP contribution is 2.25. The number of methoxy groups -OCH3 is 1. The summed E-state index contributed by atoms with van der Waals surface area (Å²) in [6, 6.07) is 4.44. The van der Waals surface area contributed by atoms with Crippen LogP contribution in [-0.4, -0.2) is 46.6 Å². The fourth-order valence-corrected chi connectivity index (χ4v) is 2.90. The van der Waals surface area contributed by atoms with Gasteiger partial charge in [-0.1, -0.05) is 13.0 Å². The quantitative estimate of drug-likeness (QED) is 0.481. The topological polar surface area (TPSA) is 111 Å². The van der Waals surface area contributed by atoms with Gasteiger partial charge in [-0.25, -0.2) is 17.9 Å². The Kier molecular flexibility index (Phi) is 7.98. The zero-order valence-corrected chi connectivity index (χ0v) is 17.0. The van der Waals surface area contributed by atoms with Crippen molar-refractivity contribution < 1.29 is 27.5 Å². The van der Waals surface area contributed by atoms with E-state index in [1.807, 2.05) is 20.8 Å². The van der Waals surface area contributed by atoms with Crippen LogP contribution in [0.3, 0.4) is 0 Å². The second kappa shape index (κ2) is 9.52. The van der Waals surface area contributed by atoms with Crippen molar-refractivity contribution in [3.8, 4) is 5.75 Å². The molecule has 0 aliphatic carbocycles. The van der Waals surface area contributed by atoms with Crippen LogP contribution in [0.1, 0.15) is 32.8 Å². The highest BCUT2D eigenvalue weighted by Gasteiger charge is 2.19. The molecule has 2 N–H and O–H groups in total. The van der Waals surface area contributed by atoms with Crippen LogP contribution in [0.15, 0.2) is 29.2 Å². The van der Waals surface area contributed by atoms with E-state index in [4.69, 9.17) is 9.47 Å². The van der Waals surface area contributed by atoms with Crippen molar-refractivity contribution in [3.05, 3.63) is 29.8 Å². The standard InChI is InChI=1S/C18H26N2O6S/c1-6-18(2,3)20-16(21)12-26-17(22)10-8-13-7-9-14(25-5)15(11-13)27(23,24)19-4/h7-11,19H,6,12H2,1-5H3,(H,20,21)/b10-8+. The van der Waals surface area contributed by atoms with E-state index in [9.17, 15) is 18.0 Å². The number of hydrogen-bond acceptors (Lipinski definition) is 6. The number of benzene rings is 1. The number of nitrogens with one attached hydrogen (secondary N) is 2. The molecule has 0 unspecified atom stereocenters. The van der Waals surface area contributed by atoms with Gasteiger partial charge in [-0.15, -0.1) is 0 Å². The number of amides is 1. The summed E-state index contributed by atoms with van der Waals surface area (Å²) in [5.74, 6) is -0.928. The molecule has 1 amide bonds. The van der Waals surface area contributed by atoms with Crippen molar-refractivity contribution >= 4 is 28.0 Å². The second-order valence-electron chi connectivity index (χ2n) is 6.34. The van der Waals surface area contributed by atoms with Crippen LogP contribution in [0.5, 0.6) is 5.75 Å². The maximum absolute atomic E-state index is 12.0. The van der Waals surface area contributed by atoms with Gasteiger partial charge in [0.15, 0.2) is 6.61 Å². The van der Waals surface area contributed by atoms with E-state index in [2.05, 4.69) is 10.0 Å². The fourth-order valence-electron chi connectivity index (χ4n) is 1.97. The summed E-state index contributed by atoms with van der Waals surface area (Å²) in [7, 11) is -1.07. The van der Waals surface area contributed by atoms with Gasteiger partial charge in [0.2, 0.25) is 10.0 Å². The van der Waals surface area contributed by atoms with E-state index < -0.39 is 28.5 Å². The van der Waals surface area contributed by atoms with Crippen LogP contribution >= 0.6 is 0 Å². The van der Waals surface area contributed by atoms with Crippen LogP contribution in [-0.2, 0) is 24.3 Å². The normalized spacial score (nSPS) is 12.0. The molecule has 9 heteroatoms. The van der Waals surface area contributed by atoms with Gasteiger partial charge in [-0.2, -0.15) is 0 Å². The summed E-state index contributed by atoms with van der Waals surface area (Å²) in [6.07, 6.45) is 3.25. The molecule has 0 bridgehead atoms. The summed E-state index contributed by atoms with van der Waals surface area (Å²) < 4.78 is 36.2. The lowest BCUT2D eigenvalue weighted by atomic mass is 10.0. The number of hydrogen-bond donors (Lipinski definition) is 2. The van der Waals surface area contributed by atoms with E-state index in [1.165, 1.54) is 32.4 Å². The van der Waals surface area contributed by atoms with Gasteiger partial charge in [0.05, 0.1) is 7.11 Å². The SMILES string of the molecule is CCC(C)(C)NC(=O)COC(=O)/C=C/c1ccc(OC)c(S(=O)(=O)NC)c1. The Hall–Kier alpha value is -2.39. The first-order valence-corrected chi connectivity index (χ1v) is 9.80. The third-order valence-electron chi connectivity index (χ3n) is 3.87. The van der Waals surface area contributed by atoms with Gasteiger partial charge in [-0.05, 0) is 51.1 Å². The molecule has 0 aliphatic heterocycles. The van der Waals surface area contributed by atoms with E-state index in [0.29, 0.717) is 5.56 Å². The first kappa shape index (κ1) is 22.7. The van der Waals surface area contributed by atoms with E-state index >= 15 is 0 Å². The zero-order chi connectivity index (χ0) is 20.7. The first-order valence-electron chi connectivity index (χ1n) is 8.32. The molecule has 0 saturated carbocycles. The van der Waals surface area contributed by atoms with Crippen LogP contribution in [0.4, 0.5) is 0 Å². The number of carbonyl (C=O) groups excluding carboxylic acids is 2.